The number of rotatable bonds is 5. The molecule has 10 heteroatoms. The van der Waals surface area contributed by atoms with Crippen molar-refractivity contribution >= 4 is 41.6 Å². The molecule has 2 amide bonds. The monoisotopic (exact) mass is 386 g/mol. The third kappa shape index (κ3) is 4.28. The van der Waals surface area contributed by atoms with Crippen molar-refractivity contribution in [3.63, 3.8) is 0 Å². The number of anilines is 2. The first kappa shape index (κ1) is 18.1. The lowest BCUT2D eigenvalue weighted by molar-refractivity contribution is 0.102. The quantitative estimate of drug-likeness (QED) is 0.570. The molecular formula is C17H11ClN4O5. The van der Waals surface area contributed by atoms with Crippen LogP contribution in [-0.4, -0.2) is 33.4 Å². The van der Waals surface area contributed by atoms with E-state index in [1.165, 1.54) is 6.20 Å². The van der Waals surface area contributed by atoms with Crippen LogP contribution < -0.4 is 10.6 Å². The predicted octanol–water partition coefficient (Wildman–Crippen LogP) is 3.54. The number of carbonyl (C=O) groups is 3. The van der Waals surface area contributed by atoms with Gasteiger partial charge in [-0.2, -0.15) is 4.98 Å². The molecule has 27 heavy (non-hydrogen) atoms. The molecule has 0 aliphatic heterocycles. The molecule has 0 bridgehead atoms. The number of oxazole rings is 1. The summed E-state index contributed by atoms with van der Waals surface area (Å²) in [6.45, 7) is 0. The van der Waals surface area contributed by atoms with E-state index < -0.39 is 12.0 Å². The van der Waals surface area contributed by atoms with Gasteiger partial charge >= 0.3 is 12.1 Å². The summed E-state index contributed by atoms with van der Waals surface area (Å²) in [4.78, 5) is 41.2. The molecule has 9 nitrogen and oxygen atoms in total. The standard InChI is InChI=1S/C17H11ClN4O5/c18-12-4-2-9(10-1-3-11(7-23)19-6-10)5-13(12)20-15(24)14-8-27-16(21-14)22-17(25)26/h1-8H,(H,20,24)(H,21,22)(H,25,26). The highest BCUT2D eigenvalue weighted by Gasteiger charge is 2.15. The Balaban J connectivity index is 1.81. The molecule has 0 radical (unpaired) electrons. The lowest BCUT2D eigenvalue weighted by Gasteiger charge is -2.09. The molecule has 0 saturated carbocycles. The highest BCUT2D eigenvalue weighted by molar-refractivity contribution is 6.34. The van der Waals surface area contributed by atoms with Crippen molar-refractivity contribution in [1.29, 1.82) is 0 Å². The summed E-state index contributed by atoms with van der Waals surface area (Å²) < 4.78 is 4.85. The molecule has 0 aliphatic carbocycles. The van der Waals surface area contributed by atoms with Crippen molar-refractivity contribution in [3.05, 3.63) is 59.2 Å². The van der Waals surface area contributed by atoms with Crippen LogP contribution in [0.5, 0.6) is 0 Å². The summed E-state index contributed by atoms with van der Waals surface area (Å²) >= 11 is 6.13. The summed E-state index contributed by atoms with van der Waals surface area (Å²) in [5, 5.41) is 13.4. The minimum Gasteiger partial charge on any atom is -0.465 e. The molecule has 0 unspecified atom stereocenters. The van der Waals surface area contributed by atoms with Gasteiger partial charge in [-0.25, -0.2) is 10.1 Å². The molecule has 3 aromatic rings. The van der Waals surface area contributed by atoms with Crippen LogP contribution >= 0.6 is 11.6 Å². The molecular weight excluding hydrogens is 376 g/mol. The molecule has 0 spiro atoms. The van der Waals surface area contributed by atoms with E-state index in [1.54, 1.807) is 30.3 Å². The maximum Gasteiger partial charge on any atom is 0.412 e. The maximum absolute atomic E-state index is 12.3. The van der Waals surface area contributed by atoms with Crippen LogP contribution in [0.2, 0.25) is 5.02 Å². The van der Waals surface area contributed by atoms with Gasteiger partial charge in [-0.05, 0) is 23.8 Å². The van der Waals surface area contributed by atoms with Gasteiger partial charge in [0, 0.05) is 11.8 Å². The molecule has 1 aromatic carbocycles. The SMILES string of the molecule is O=Cc1ccc(-c2ccc(Cl)c(NC(=O)c3coc(NC(=O)O)n3)c2)cn1. The number of nitrogens with zero attached hydrogens (tertiary/aromatic N) is 2. The van der Waals surface area contributed by atoms with E-state index in [-0.39, 0.29) is 16.7 Å². The van der Waals surface area contributed by atoms with E-state index >= 15 is 0 Å². The Bertz CT molecular complexity index is 1020. The van der Waals surface area contributed by atoms with Crippen molar-refractivity contribution in [2.45, 2.75) is 0 Å². The Morgan fingerprint density at radius 1 is 1.15 bits per heavy atom. The normalized spacial score (nSPS) is 10.3. The second-order valence-electron chi connectivity index (χ2n) is 5.21. The number of nitrogens with one attached hydrogen (secondary N) is 2. The van der Waals surface area contributed by atoms with Crippen molar-refractivity contribution in [2.75, 3.05) is 10.6 Å². The zero-order valence-corrected chi connectivity index (χ0v) is 14.2. The maximum atomic E-state index is 12.3. The Kier molecular flexibility index (Phi) is 5.13. The molecule has 0 fully saturated rings. The summed E-state index contributed by atoms with van der Waals surface area (Å²) in [6.07, 6.45) is 1.82. The fraction of sp³-hybridized carbons (Fsp3) is 0. The van der Waals surface area contributed by atoms with E-state index in [9.17, 15) is 14.4 Å². The first-order valence-corrected chi connectivity index (χ1v) is 7.82. The molecule has 3 rings (SSSR count). The topological polar surface area (TPSA) is 134 Å². The van der Waals surface area contributed by atoms with Gasteiger partial charge in [-0.1, -0.05) is 23.7 Å². The highest BCUT2D eigenvalue weighted by atomic mass is 35.5. The number of carboxylic acid groups (broad SMARTS) is 1. The van der Waals surface area contributed by atoms with Gasteiger partial charge in [0.1, 0.15) is 12.0 Å². The summed E-state index contributed by atoms with van der Waals surface area (Å²) in [7, 11) is 0. The first-order chi connectivity index (χ1) is 13.0. The minimum absolute atomic E-state index is 0.128. The second kappa shape index (κ2) is 7.67. The summed E-state index contributed by atoms with van der Waals surface area (Å²) in [6, 6.07) is 7.93. The fourth-order valence-corrected chi connectivity index (χ4v) is 2.32. The van der Waals surface area contributed by atoms with Crippen LogP contribution in [0.4, 0.5) is 16.5 Å². The van der Waals surface area contributed by atoms with Crippen molar-refractivity contribution in [2.24, 2.45) is 0 Å². The number of benzene rings is 1. The smallest absolute Gasteiger partial charge is 0.412 e. The van der Waals surface area contributed by atoms with Crippen LogP contribution in [0.15, 0.2) is 47.2 Å². The van der Waals surface area contributed by atoms with E-state index in [0.29, 0.717) is 23.2 Å². The molecule has 0 saturated heterocycles. The predicted molar refractivity (Wildman–Crippen MR) is 96.2 cm³/mol. The number of aldehydes is 1. The number of halogens is 1. The number of pyridine rings is 1. The lowest BCUT2D eigenvalue weighted by atomic mass is 10.1. The molecule has 136 valence electrons. The van der Waals surface area contributed by atoms with Gasteiger partial charge in [0.25, 0.3) is 5.91 Å². The van der Waals surface area contributed by atoms with Gasteiger partial charge < -0.3 is 14.8 Å². The zero-order chi connectivity index (χ0) is 19.4. The molecule has 2 heterocycles. The van der Waals surface area contributed by atoms with Gasteiger partial charge in [0.05, 0.1) is 10.7 Å². The van der Waals surface area contributed by atoms with Crippen molar-refractivity contribution in [3.8, 4) is 11.1 Å². The van der Waals surface area contributed by atoms with Crippen LogP contribution in [0.25, 0.3) is 11.1 Å². The van der Waals surface area contributed by atoms with Crippen molar-refractivity contribution in [1.82, 2.24) is 9.97 Å². The zero-order valence-electron chi connectivity index (χ0n) is 13.5. The Morgan fingerprint density at radius 3 is 2.59 bits per heavy atom. The minimum atomic E-state index is -1.37. The summed E-state index contributed by atoms with van der Waals surface area (Å²) in [5.74, 6) is -0.634. The lowest BCUT2D eigenvalue weighted by Crippen LogP contribution is -2.13. The first-order valence-electron chi connectivity index (χ1n) is 7.44. The van der Waals surface area contributed by atoms with Gasteiger partial charge in [0.2, 0.25) is 0 Å². The van der Waals surface area contributed by atoms with E-state index in [2.05, 4.69) is 15.3 Å². The van der Waals surface area contributed by atoms with E-state index in [0.717, 1.165) is 11.8 Å². The second-order valence-corrected chi connectivity index (χ2v) is 5.61. The Hall–Kier alpha value is -3.72. The molecule has 0 atom stereocenters. The third-order valence-electron chi connectivity index (χ3n) is 3.41. The van der Waals surface area contributed by atoms with Crippen molar-refractivity contribution < 1.29 is 23.9 Å². The molecule has 3 N–H and O–H groups in total. The van der Waals surface area contributed by atoms with Crippen LogP contribution in [0, 0.1) is 0 Å². The van der Waals surface area contributed by atoms with Gasteiger partial charge in [-0.15, -0.1) is 0 Å². The largest absolute Gasteiger partial charge is 0.465 e. The van der Waals surface area contributed by atoms with Gasteiger partial charge in [0.15, 0.2) is 12.0 Å². The molecule has 2 aromatic heterocycles. The van der Waals surface area contributed by atoms with Crippen LogP contribution in [0.3, 0.4) is 0 Å². The highest BCUT2D eigenvalue weighted by Crippen LogP contribution is 2.29. The fourth-order valence-electron chi connectivity index (χ4n) is 2.16. The number of aromatic nitrogens is 2. The number of amides is 2. The average Bonchev–Trinajstić information content (AvgIpc) is 3.11. The number of carbonyl (C=O) groups excluding carboxylic acids is 2. The Labute approximate surface area is 157 Å². The number of hydrogen-bond donors (Lipinski definition) is 3. The van der Waals surface area contributed by atoms with Gasteiger partial charge in [-0.3, -0.25) is 14.6 Å². The number of hydrogen-bond acceptors (Lipinski definition) is 6. The third-order valence-corrected chi connectivity index (χ3v) is 3.74. The molecule has 0 aliphatic rings. The van der Waals surface area contributed by atoms with E-state index in [4.69, 9.17) is 21.1 Å². The summed E-state index contributed by atoms with van der Waals surface area (Å²) in [5.41, 5.74) is 1.93. The Morgan fingerprint density at radius 2 is 1.93 bits per heavy atom. The van der Waals surface area contributed by atoms with Crippen LogP contribution in [0.1, 0.15) is 21.0 Å². The van der Waals surface area contributed by atoms with E-state index in [1.807, 2.05) is 5.32 Å². The average molecular weight is 387 g/mol. The van der Waals surface area contributed by atoms with Crippen LogP contribution in [-0.2, 0) is 0 Å².